The van der Waals surface area contributed by atoms with E-state index in [1.807, 2.05) is 24.4 Å². The van der Waals surface area contributed by atoms with E-state index < -0.39 is 0 Å². The minimum Gasteiger partial charge on any atom is -0.493 e. The first kappa shape index (κ1) is 19.9. The van der Waals surface area contributed by atoms with Gasteiger partial charge in [-0.25, -0.2) is 0 Å². The van der Waals surface area contributed by atoms with E-state index in [9.17, 15) is 4.79 Å². The second-order valence-electron chi connectivity index (χ2n) is 6.34. The molecule has 0 aliphatic carbocycles. The summed E-state index contributed by atoms with van der Waals surface area (Å²) in [5.74, 6) is 1.99. The van der Waals surface area contributed by atoms with Crippen LogP contribution in [0.3, 0.4) is 0 Å². The van der Waals surface area contributed by atoms with Gasteiger partial charge in [-0.3, -0.25) is 4.79 Å². The smallest absolute Gasteiger partial charge is 0.262 e. The van der Waals surface area contributed by atoms with Crippen LogP contribution in [0.15, 0.2) is 40.2 Å². The van der Waals surface area contributed by atoms with Crippen LogP contribution >= 0.6 is 11.3 Å². The van der Waals surface area contributed by atoms with E-state index in [4.69, 9.17) is 14.0 Å². The normalized spacial score (nSPS) is 13.0. The topological polar surface area (TPSA) is 86.5 Å². The Morgan fingerprint density at radius 3 is 2.68 bits per heavy atom. The maximum Gasteiger partial charge on any atom is 0.262 e. The third kappa shape index (κ3) is 4.17. The zero-order valence-electron chi connectivity index (χ0n) is 16.3. The van der Waals surface area contributed by atoms with E-state index in [1.54, 1.807) is 32.4 Å². The van der Waals surface area contributed by atoms with E-state index in [0.717, 1.165) is 12.0 Å². The first-order valence-corrected chi connectivity index (χ1v) is 9.85. The van der Waals surface area contributed by atoms with E-state index in [1.165, 1.54) is 11.3 Å². The number of benzene rings is 1. The molecule has 0 saturated carbocycles. The number of ether oxygens (including phenoxy) is 2. The summed E-state index contributed by atoms with van der Waals surface area (Å²) in [4.78, 5) is 17.7. The SMILES string of the molecule is CC[C@@H](C)[C@H](NC(=O)c1cccs1)c1nc(-c2ccc(OC)c(OC)c2)no1. The molecule has 8 heteroatoms. The molecule has 0 fully saturated rings. The second-order valence-corrected chi connectivity index (χ2v) is 7.29. The average Bonchev–Trinajstić information content (AvgIpc) is 3.43. The van der Waals surface area contributed by atoms with E-state index in [2.05, 4.69) is 22.4 Å². The molecule has 0 bridgehead atoms. The molecule has 2 heterocycles. The molecular weight excluding hydrogens is 378 g/mol. The highest BCUT2D eigenvalue weighted by molar-refractivity contribution is 7.12. The van der Waals surface area contributed by atoms with Gasteiger partial charge in [0.15, 0.2) is 11.5 Å². The number of carbonyl (C=O) groups is 1. The molecule has 3 aromatic rings. The number of aromatic nitrogens is 2. The van der Waals surface area contributed by atoms with Crippen LogP contribution in [-0.2, 0) is 0 Å². The van der Waals surface area contributed by atoms with Crippen molar-refractivity contribution in [3.05, 3.63) is 46.5 Å². The minimum atomic E-state index is -0.374. The highest BCUT2D eigenvalue weighted by Gasteiger charge is 2.27. The number of nitrogens with zero attached hydrogens (tertiary/aromatic N) is 2. The molecule has 3 rings (SSSR count). The summed E-state index contributed by atoms with van der Waals surface area (Å²) in [6.45, 7) is 4.10. The standard InChI is InChI=1S/C20H23N3O4S/c1-5-12(2)17(21-19(24)16-7-6-10-28-16)20-22-18(23-27-20)13-8-9-14(25-3)15(11-13)26-4/h6-12,17H,5H2,1-4H3,(H,21,24)/t12-,17+/m1/s1. The zero-order chi connectivity index (χ0) is 20.1. The fourth-order valence-electron chi connectivity index (χ4n) is 2.76. The first-order chi connectivity index (χ1) is 13.6. The van der Waals surface area contributed by atoms with Gasteiger partial charge in [-0.15, -0.1) is 11.3 Å². The Hall–Kier alpha value is -2.87. The van der Waals surface area contributed by atoms with Crippen LogP contribution in [-0.4, -0.2) is 30.3 Å². The van der Waals surface area contributed by atoms with E-state index in [0.29, 0.717) is 28.1 Å². The highest BCUT2D eigenvalue weighted by atomic mass is 32.1. The van der Waals surface area contributed by atoms with Gasteiger partial charge in [0.25, 0.3) is 5.91 Å². The minimum absolute atomic E-state index is 0.127. The molecule has 2 aromatic heterocycles. The maximum absolute atomic E-state index is 12.5. The lowest BCUT2D eigenvalue weighted by atomic mass is 9.99. The molecule has 0 aliphatic heterocycles. The van der Waals surface area contributed by atoms with Crippen molar-refractivity contribution in [3.63, 3.8) is 0 Å². The maximum atomic E-state index is 12.5. The predicted octanol–water partition coefficient (Wildman–Crippen LogP) is 4.33. The molecule has 1 amide bonds. The monoisotopic (exact) mass is 401 g/mol. The summed E-state index contributed by atoms with van der Waals surface area (Å²) in [5.41, 5.74) is 0.736. The van der Waals surface area contributed by atoms with Crippen LogP contribution in [0, 0.1) is 5.92 Å². The molecule has 28 heavy (non-hydrogen) atoms. The third-order valence-corrected chi connectivity index (χ3v) is 5.46. The Labute approximate surface area is 167 Å². The Morgan fingerprint density at radius 1 is 1.25 bits per heavy atom. The average molecular weight is 401 g/mol. The van der Waals surface area contributed by atoms with Gasteiger partial charge in [0.2, 0.25) is 11.7 Å². The summed E-state index contributed by atoms with van der Waals surface area (Å²) in [6.07, 6.45) is 0.851. The summed E-state index contributed by atoms with van der Waals surface area (Å²) >= 11 is 1.39. The molecular formula is C20H23N3O4S. The number of thiophene rings is 1. The number of nitrogens with one attached hydrogen (secondary N) is 1. The summed E-state index contributed by atoms with van der Waals surface area (Å²) in [5, 5.41) is 8.99. The van der Waals surface area contributed by atoms with Crippen molar-refractivity contribution < 1.29 is 18.8 Å². The number of rotatable bonds is 8. The Balaban J connectivity index is 1.87. The van der Waals surface area contributed by atoms with Crippen molar-refractivity contribution >= 4 is 17.2 Å². The van der Waals surface area contributed by atoms with Crippen LogP contribution in [0.4, 0.5) is 0 Å². The van der Waals surface area contributed by atoms with Crippen LogP contribution in [0.2, 0.25) is 0 Å². The Morgan fingerprint density at radius 2 is 2.04 bits per heavy atom. The van der Waals surface area contributed by atoms with Gasteiger partial charge in [0.1, 0.15) is 6.04 Å². The van der Waals surface area contributed by atoms with E-state index >= 15 is 0 Å². The van der Waals surface area contributed by atoms with Gasteiger partial charge in [-0.05, 0) is 35.6 Å². The fraction of sp³-hybridized carbons (Fsp3) is 0.350. The van der Waals surface area contributed by atoms with Crippen molar-refractivity contribution in [2.24, 2.45) is 5.92 Å². The molecule has 1 N–H and O–H groups in total. The Kier molecular flexibility index (Phi) is 6.30. The number of hydrogen-bond acceptors (Lipinski definition) is 7. The van der Waals surface area contributed by atoms with Crippen LogP contribution in [0.5, 0.6) is 11.5 Å². The highest BCUT2D eigenvalue weighted by Crippen LogP contribution is 2.32. The molecule has 0 radical (unpaired) electrons. The predicted molar refractivity (Wildman–Crippen MR) is 107 cm³/mol. The number of carbonyl (C=O) groups excluding carboxylic acids is 1. The third-order valence-electron chi connectivity index (χ3n) is 4.59. The lowest BCUT2D eigenvalue weighted by Crippen LogP contribution is -2.32. The lowest BCUT2D eigenvalue weighted by molar-refractivity contribution is 0.0914. The molecule has 1 aromatic carbocycles. The fourth-order valence-corrected chi connectivity index (χ4v) is 3.38. The second kappa shape index (κ2) is 8.88. The largest absolute Gasteiger partial charge is 0.493 e. The van der Waals surface area contributed by atoms with Crippen LogP contribution in [0.1, 0.15) is 41.9 Å². The summed E-state index contributed by atoms with van der Waals surface area (Å²) < 4.78 is 16.1. The first-order valence-electron chi connectivity index (χ1n) is 8.97. The molecule has 0 aliphatic rings. The Bertz CT molecular complexity index is 923. The summed E-state index contributed by atoms with van der Waals surface area (Å²) in [7, 11) is 3.15. The van der Waals surface area contributed by atoms with Crippen LogP contribution in [0.25, 0.3) is 11.4 Å². The quantitative estimate of drug-likeness (QED) is 0.604. The lowest BCUT2D eigenvalue weighted by Gasteiger charge is -2.20. The van der Waals surface area contributed by atoms with Crippen LogP contribution < -0.4 is 14.8 Å². The summed E-state index contributed by atoms with van der Waals surface area (Å²) in [6, 6.07) is 8.67. The van der Waals surface area contributed by atoms with Gasteiger partial charge in [0.05, 0.1) is 19.1 Å². The van der Waals surface area contributed by atoms with Crippen molar-refractivity contribution in [2.75, 3.05) is 14.2 Å². The molecule has 0 spiro atoms. The number of hydrogen-bond donors (Lipinski definition) is 1. The molecule has 7 nitrogen and oxygen atoms in total. The van der Waals surface area contributed by atoms with Gasteiger partial charge in [-0.2, -0.15) is 4.98 Å². The molecule has 2 atom stereocenters. The molecule has 148 valence electrons. The van der Waals surface area contributed by atoms with Gasteiger partial charge < -0.3 is 19.3 Å². The van der Waals surface area contributed by atoms with Crippen molar-refractivity contribution in [3.8, 4) is 22.9 Å². The number of methoxy groups -OCH3 is 2. The molecule has 0 unspecified atom stereocenters. The van der Waals surface area contributed by atoms with Crippen molar-refractivity contribution in [1.82, 2.24) is 15.5 Å². The van der Waals surface area contributed by atoms with Gasteiger partial charge >= 0.3 is 0 Å². The van der Waals surface area contributed by atoms with E-state index in [-0.39, 0.29) is 17.9 Å². The zero-order valence-corrected chi connectivity index (χ0v) is 17.1. The van der Waals surface area contributed by atoms with Crippen molar-refractivity contribution in [2.45, 2.75) is 26.3 Å². The number of amides is 1. The van der Waals surface area contributed by atoms with Gasteiger partial charge in [0, 0.05) is 5.56 Å². The van der Waals surface area contributed by atoms with Gasteiger partial charge in [-0.1, -0.05) is 31.5 Å². The van der Waals surface area contributed by atoms with Crippen molar-refractivity contribution in [1.29, 1.82) is 0 Å². The molecule has 0 saturated heterocycles.